The van der Waals surface area contributed by atoms with Crippen molar-refractivity contribution in [2.45, 2.75) is 30.8 Å². The predicted molar refractivity (Wildman–Crippen MR) is 107 cm³/mol. The molecule has 4 fully saturated rings. The quantitative estimate of drug-likeness (QED) is 0.694. The lowest BCUT2D eigenvalue weighted by atomic mass is 9.75. The molecule has 6 heterocycles. The van der Waals surface area contributed by atoms with Gasteiger partial charge in [-0.25, -0.2) is 4.98 Å². The van der Waals surface area contributed by atoms with Crippen LogP contribution in [0.3, 0.4) is 0 Å². The second-order valence-corrected chi connectivity index (χ2v) is 8.42. The van der Waals surface area contributed by atoms with Crippen molar-refractivity contribution in [1.82, 2.24) is 19.2 Å². The summed E-state index contributed by atoms with van der Waals surface area (Å²) >= 11 is 0. The number of hydrogen-bond acceptors (Lipinski definition) is 3. The monoisotopic (exact) mass is 372 g/mol. The number of pyridine rings is 1. The van der Waals surface area contributed by atoms with Crippen molar-refractivity contribution in [3.05, 3.63) is 72.2 Å². The van der Waals surface area contributed by atoms with Gasteiger partial charge in [0.25, 0.3) is 5.91 Å². The molecule has 4 saturated heterocycles. The molecule has 1 amide bonds. The second-order valence-electron chi connectivity index (χ2n) is 8.42. The molecule has 2 bridgehead atoms. The fraction of sp³-hybridized carbons (Fsp3) is 0.391. The van der Waals surface area contributed by atoms with Crippen molar-refractivity contribution in [2.24, 2.45) is 5.92 Å². The number of carbonyl (C=O) groups excluding carboxylic acids is 1. The number of carbonyl (C=O) groups is 1. The molecule has 0 radical (unpaired) electrons. The van der Waals surface area contributed by atoms with Crippen molar-refractivity contribution < 1.29 is 4.79 Å². The Hall–Kier alpha value is -2.66. The van der Waals surface area contributed by atoms with E-state index in [1.807, 2.05) is 35.0 Å². The Labute approximate surface area is 164 Å². The lowest BCUT2D eigenvalue weighted by molar-refractivity contribution is -0.00356. The van der Waals surface area contributed by atoms with E-state index in [-0.39, 0.29) is 5.91 Å². The van der Waals surface area contributed by atoms with E-state index in [1.165, 1.54) is 31.5 Å². The van der Waals surface area contributed by atoms with Crippen LogP contribution in [0.1, 0.15) is 34.8 Å². The Kier molecular flexibility index (Phi) is 3.60. The van der Waals surface area contributed by atoms with Crippen LogP contribution in [0.2, 0.25) is 0 Å². The van der Waals surface area contributed by atoms with E-state index < -0.39 is 0 Å². The molecule has 142 valence electrons. The predicted octanol–water partition coefficient (Wildman–Crippen LogP) is 3.04. The highest BCUT2D eigenvalue weighted by Gasteiger charge is 2.54. The van der Waals surface area contributed by atoms with Gasteiger partial charge in [0.2, 0.25) is 0 Å². The minimum absolute atomic E-state index is 0.0888. The van der Waals surface area contributed by atoms with Crippen molar-refractivity contribution in [1.29, 1.82) is 0 Å². The van der Waals surface area contributed by atoms with Crippen LogP contribution in [0.5, 0.6) is 0 Å². The van der Waals surface area contributed by atoms with Crippen LogP contribution in [0.4, 0.5) is 0 Å². The van der Waals surface area contributed by atoms with Crippen LogP contribution in [0, 0.1) is 5.92 Å². The number of fused-ring (bicyclic) bond motifs is 3. The van der Waals surface area contributed by atoms with Crippen LogP contribution in [-0.4, -0.2) is 56.8 Å². The zero-order valence-corrected chi connectivity index (χ0v) is 15.8. The summed E-state index contributed by atoms with van der Waals surface area (Å²) in [7, 11) is 0. The number of nitrogens with zero attached hydrogens (tertiary/aromatic N) is 4. The molecule has 3 aromatic rings. The molecule has 0 unspecified atom stereocenters. The van der Waals surface area contributed by atoms with Crippen LogP contribution < -0.4 is 0 Å². The van der Waals surface area contributed by atoms with E-state index in [0.29, 0.717) is 29.6 Å². The minimum Gasteiger partial charge on any atom is -0.332 e. The molecule has 5 heteroatoms. The molecule has 7 rings (SSSR count). The van der Waals surface area contributed by atoms with Gasteiger partial charge in [-0.3, -0.25) is 9.69 Å². The zero-order chi connectivity index (χ0) is 18.7. The summed E-state index contributed by atoms with van der Waals surface area (Å²) in [5, 5.41) is 0. The van der Waals surface area contributed by atoms with E-state index >= 15 is 0 Å². The number of benzene rings is 1. The van der Waals surface area contributed by atoms with Gasteiger partial charge in [0.05, 0.1) is 6.04 Å². The maximum Gasteiger partial charge on any atom is 0.274 e. The van der Waals surface area contributed by atoms with E-state index in [4.69, 9.17) is 0 Å². The molecule has 4 aliphatic rings. The fourth-order valence-corrected chi connectivity index (χ4v) is 5.83. The molecule has 1 aromatic carbocycles. The first kappa shape index (κ1) is 16.3. The third-order valence-corrected chi connectivity index (χ3v) is 7.07. The van der Waals surface area contributed by atoms with Crippen LogP contribution in [0.15, 0.2) is 60.9 Å². The third-order valence-electron chi connectivity index (χ3n) is 7.07. The molecule has 4 aliphatic heterocycles. The highest BCUT2D eigenvalue weighted by atomic mass is 16.2. The summed E-state index contributed by atoms with van der Waals surface area (Å²) in [6.45, 7) is 3.14. The van der Waals surface area contributed by atoms with Crippen LogP contribution in [0.25, 0.3) is 5.65 Å². The number of hydrogen-bond donors (Lipinski definition) is 0. The summed E-state index contributed by atoms with van der Waals surface area (Å²) in [5.41, 5.74) is 2.75. The topological polar surface area (TPSA) is 40.9 Å². The maximum absolute atomic E-state index is 13.6. The minimum atomic E-state index is 0.0888. The Bertz CT molecular complexity index is 988. The summed E-state index contributed by atoms with van der Waals surface area (Å²) in [5.74, 6) is 1.09. The van der Waals surface area contributed by atoms with Crippen molar-refractivity contribution >= 4 is 11.6 Å². The van der Waals surface area contributed by atoms with E-state index in [1.54, 1.807) is 0 Å². The molecular weight excluding hydrogens is 348 g/mol. The van der Waals surface area contributed by atoms with E-state index in [0.717, 1.165) is 12.2 Å². The number of likely N-dealkylation sites (tertiary alicyclic amines) is 1. The summed E-state index contributed by atoms with van der Waals surface area (Å²) in [6.07, 6.45) is 6.24. The average Bonchev–Trinajstić information content (AvgIpc) is 3.38. The Morgan fingerprint density at radius 3 is 2.54 bits per heavy atom. The first-order chi connectivity index (χ1) is 13.8. The average molecular weight is 372 g/mol. The Morgan fingerprint density at radius 1 is 0.964 bits per heavy atom. The Balaban J connectivity index is 1.39. The molecule has 5 nitrogen and oxygen atoms in total. The summed E-state index contributed by atoms with van der Waals surface area (Å²) in [4.78, 5) is 23.0. The zero-order valence-electron chi connectivity index (χ0n) is 15.8. The van der Waals surface area contributed by atoms with Gasteiger partial charge in [-0.05, 0) is 49.5 Å². The smallest absolute Gasteiger partial charge is 0.274 e. The van der Waals surface area contributed by atoms with Gasteiger partial charge < -0.3 is 9.30 Å². The molecule has 0 spiro atoms. The normalized spacial score (nSPS) is 31.3. The lowest BCUT2D eigenvalue weighted by Gasteiger charge is -2.51. The van der Waals surface area contributed by atoms with Gasteiger partial charge in [-0.2, -0.15) is 0 Å². The summed E-state index contributed by atoms with van der Waals surface area (Å²) in [6, 6.07) is 17.4. The van der Waals surface area contributed by atoms with E-state index in [9.17, 15) is 4.79 Å². The Morgan fingerprint density at radius 2 is 1.75 bits per heavy atom. The van der Waals surface area contributed by atoms with Gasteiger partial charge in [0.1, 0.15) is 11.3 Å². The number of rotatable bonds is 2. The third kappa shape index (κ3) is 2.35. The van der Waals surface area contributed by atoms with Gasteiger partial charge in [0.15, 0.2) is 0 Å². The molecule has 0 aliphatic carbocycles. The largest absolute Gasteiger partial charge is 0.332 e. The standard InChI is InChI=1S/C23H24N4O/c28-23(19-15-26-11-5-4-8-20(26)24-19)27-14-18(16-6-2-1-3-7-16)22-21(27)17-9-12-25(22)13-10-17/h1-8,11,15,17-18,21-22H,9-10,12-14H2/t18-,21-,22-/m1/s1. The van der Waals surface area contributed by atoms with Gasteiger partial charge >= 0.3 is 0 Å². The number of aromatic nitrogens is 2. The highest BCUT2D eigenvalue weighted by molar-refractivity contribution is 5.93. The molecule has 0 N–H and O–H groups in total. The first-order valence-electron chi connectivity index (χ1n) is 10.3. The number of imidazole rings is 1. The second kappa shape index (κ2) is 6.17. The van der Waals surface area contributed by atoms with Gasteiger partial charge in [-0.1, -0.05) is 36.4 Å². The molecule has 2 aromatic heterocycles. The SMILES string of the molecule is O=C(c1cn2ccccc2n1)N1C[C@H](c2ccccc2)[C@@H]2[C@H]1C1CCN2CC1. The van der Waals surface area contributed by atoms with Gasteiger partial charge in [-0.15, -0.1) is 0 Å². The van der Waals surface area contributed by atoms with Gasteiger partial charge in [0, 0.05) is 30.9 Å². The molecular formula is C23H24N4O. The molecule has 3 atom stereocenters. The van der Waals surface area contributed by atoms with E-state index in [2.05, 4.69) is 45.1 Å². The lowest BCUT2D eigenvalue weighted by Crippen LogP contribution is -2.60. The molecule has 28 heavy (non-hydrogen) atoms. The van der Waals surface area contributed by atoms with Crippen LogP contribution in [-0.2, 0) is 0 Å². The van der Waals surface area contributed by atoms with Crippen molar-refractivity contribution in [3.8, 4) is 0 Å². The first-order valence-corrected chi connectivity index (χ1v) is 10.3. The fourth-order valence-electron chi connectivity index (χ4n) is 5.83. The number of amides is 1. The van der Waals surface area contributed by atoms with Crippen molar-refractivity contribution in [3.63, 3.8) is 0 Å². The maximum atomic E-state index is 13.6. The van der Waals surface area contributed by atoms with Crippen LogP contribution >= 0.6 is 0 Å². The van der Waals surface area contributed by atoms with Crippen molar-refractivity contribution in [2.75, 3.05) is 19.6 Å². The molecule has 0 saturated carbocycles. The summed E-state index contributed by atoms with van der Waals surface area (Å²) < 4.78 is 1.94. The number of piperidine rings is 3. The highest BCUT2D eigenvalue weighted by Crippen LogP contribution is 2.46.